The maximum Gasteiger partial charge on any atom is 0.408 e. The van der Waals surface area contributed by atoms with E-state index in [9.17, 15) is 14.4 Å². The number of nitrogens with one attached hydrogen (secondary N) is 1. The number of alkyl carbamates (subject to hydrolysis) is 1. The summed E-state index contributed by atoms with van der Waals surface area (Å²) in [6, 6.07) is -1.05. The summed E-state index contributed by atoms with van der Waals surface area (Å²) in [4.78, 5) is 33.4. The monoisotopic (exact) mass is 307 g/mol. The van der Waals surface area contributed by atoms with Crippen molar-refractivity contribution in [3.05, 3.63) is 0 Å². The van der Waals surface area contributed by atoms with Crippen LogP contribution in [0.25, 0.3) is 0 Å². The van der Waals surface area contributed by atoms with Gasteiger partial charge >= 0.3 is 18.0 Å². The summed E-state index contributed by atoms with van der Waals surface area (Å²) in [5, 5.41) is 11.3. The van der Waals surface area contributed by atoms with Crippen LogP contribution in [0.2, 0.25) is 0 Å². The highest BCUT2D eigenvalue weighted by Crippen LogP contribution is 2.09. The summed E-state index contributed by atoms with van der Waals surface area (Å²) in [7, 11) is 1.28. The van der Waals surface area contributed by atoms with Gasteiger partial charge in [0.1, 0.15) is 11.6 Å². The van der Waals surface area contributed by atoms with E-state index in [0.29, 0.717) is 5.75 Å². The van der Waals surface area contributed by atoms with E-state index in [1.807, 2.05) is 0 Å². The van der Waals surface area contributed by atoms with Gasteiger partial charge in [-0.05, 0) is 32.9 Å². The number of hydrogen-bond donors (Lipinski definition) is 2. The molecule has 0 aromatic heterocycles. The maximum absolute atomic E-state index is 11.5. The first kappa shape index (κ1) is 18.6. The Morgan fingerprint density at radius 2 is 1.90 bits per heavy atom. The average Bonchev–Trinajstić information content (AvgIpc) is 2.29. The first-order valence-electron chi connectivity index (χ1n) is 6.02. The number of hydrogen-bond acceptors (Lipinski definition) is 6. The molecule has 0 aliphatic rings. The zero-order valence-corrected chi connectivity index (χ0v) is 12.9. The van der Waals surface area contributed by atoms with Gasteiger partial charge in [-0.1, -0.05) is 0 Å². The van der Waals surface area contributed by atoms with Crippen molar-refractivity contribution in [3.63, 3.8) is 0 Å². The average molecular weight is 307 g/mol. The lowest BCUT2D eigenvalue weighted by atomic mass is 10.2. The summed E-state index contributed by atoms with van der Waals surface area (Å²) < 4.78 is 9.44. The fourth-order valence-corrected chi connectivity index (χ4v) is 1.95. The molecule has 0 aromatic rings. The molecule has 0 saturated carbocycles. The molecular formula is C12H21NO6S. The van der Waals surface area contributed by atoms with Gasteiger partial charge < -0.3 is 19.9 Å². The first-order valence-corrected chi connectivity index (χ1v) is 7.18. The predicted octanol–water partition coefficient (Wildman–Crippen LogP) is 1.26. The lowest BCUT2D eigenvalue weighted by Crippen LogP contribution is -2.43. The Labute approximate surface area is 122 Å². The Morgan fingerprint density at radius 3 is 2.35 bits per heavy atom. The third-order valence-corrected chi connectivity index (χ3v) is 2.95. The molecule has 0 radical (unpaired) electrons. The van der Waals surface area contributed by atoms with E-state index in [4.69, 9.17) is 9.84 Å². The molecule has 0 aliphatic heterocycles. The van der Waals surface area contributed by atoms with Crippen molar-refractivity contribution in [2.75, 3.05) is 18.6 Å². The summed E-state index contributed by atoms with van der Waals surface area (Å²) in [6.07, 6.45) is -0.584. The molecule has 1 amide bonds. The molecule has 0 aromatic carbocycles. The van der Waals surface area contributed by atoms with Gasteiger partial charge in [0, 0.05) is 0 Å². The summed E-state index contributed by atoms with van der Waals surface area (Å²) in [5.41, 5.74) is -0.688. The standard InChI is InChI=1S/C12H21NO6S/c1-12(2,3)19-11(17)13-8(10(15)16)5-6-20-7-9(14)18-4/h8H,5-7H2,1-4H3,(H,13,17)(H,15,16). The third-order valence-electron chi connectivity index (χ3n) is 1.99. The predicted molar refractivity (Wildman–Crippen MR) is 74.8 cm³/mol. The molecule has 1 unspecified atom stereocenters. The van der Waals surface area contributed by atoms with Gasteiger partial charge in [-0.25, -0.2) is 9.59 Å². The van der Waals surface area contributed by atoms with E-state index in [1.165, 1.54) is 18.9 Å². The van der Waals surface area contributed by atoms with Crippen LogP contribution in [0.3, 0.4) is 0 Å². The number of carboxylic acids is 1. The van der Waals surface area contributed by atoms with Gasteiger partial charge in [-0.3, -0.25) is 4.79 Å². The second-order valence-corrected chi connectivity index (χ2v) is 6.06. The Kier molecular flexibility index (Phi) is 8.05. The number of thioether (sulfide) groups is 1. The number of carbonyl (C=O) groups is 3. The van der Waals surface area contributed by atoms with Crippen molar-refractivity contribution < 1.29 is 29.0 Å². The molecule has 0 spiro atoms. The molecule has 116 valence electrons. The second-order valence-electron chi connectivity index (χ2n) is 4.95. The van der Waals surface area contributed by atoms with Crippen LogP contribution in [-0.2, 0) is 19.1 Å². The van der Waals surface area contributed by atoms with E-state index in [0.717, 1.165) is 0 Å². The first-order chi connectivity index (χ1) is 9.15. The Hall–Kier alpha value is -1.44. The van der Waals surface area contributed by atoms with Gasteiger partial charge in [-0.15, -0.1) is 0 Å². The Bertz CT molecular complexity index is 352. The van der Waals surface area contributed by atoms with Gasteiger partial charge in [0.05, 0.1) is 12.9 Å². The number of methoxy groups -OCH3 is 1. The molecule has 0 saturated heterocycles. The molecule has 1 atom stereocenters. The fraction of sp³-hybridized carbons (Fsp3) is 0.750. The minimum atomic E-state index is -1.14. The van der Waals surface area contributed by atoms with Crippen LogP contribution in [0.5, 0.6) is 0 Å². The van der Waals surface area contributed by atoms with Crippen LogP contribution in [-0.4, -0.2) is 53.4 Å². The van der Waals surface area contributed by atoms with Gasteiger partial charge in [0.15, 0.2) is 0 Å². The molecule has 7 nitrogen and oxygen atoms in total. The summed E-state index contributed by atoms with van der Waals surface area (Å²) in [5.74, 6) is -0.964. The largest absolute Gasteiger partial charge is 0.480 e. The zero-order valence-electron chi connectivity index (χ0n) is 12.1. The van der Waals surface area contributed by atoms with E-state index >= 15 is 0 Å². The van der Waals surface area contributed by atoms with Crippen molar-refractivity contribution in [1.82, 2.24) is 5.32 Å². The summed E-state index contributed by atoms with van der Waals surface area (Å²) in [6.45, 7) is 5.07. The normalized spacial score (nSPS) is 12.4. The van der Waals surface area contributed by atoms with E-state index < -0.39 is 23.7 Å². The number of amides is 1. The van der Waals surface area contributed by atoms with Gasteiger partial charge in [-0.2, -0.15) is 11.8 Å². The van der Waals surface area contributed by atoms with Crippen molar-refractivity contribution in [3.8, 4) is 0 Å². The van der Waals surface area contributed by atoms with Gasteiger partial charge in [0.2, 0.25) is 0 Å². The molecular weight excluding hydrogens is 286 g/mol. The van der Waals surface area contributed by atoms with Crippen LogP contribution in [0, 0.1) is 0 Å². The second kappa shape index (κ2) is 8.68. The molecule has 0 rings (SSSR count). The number of carbonyl (C=O) groups excluding carboxylic acids is 2. The number of aliphatic carboxylic acids is 1. The number of rotatable bonds is 7. The van der Waals surface area contributed by atoms with Gasteiger partial charge in [0.25, 0.3) is 0 Å². The third kappa shape index (κ3) is 9.48. The van der Waals surface area contributed by atoms with E-state index in [1.54, 1.807) is 20.8 Å². The highest BCUT2D eigenvalue weighted by Gasteiger charge is 2.23. The lowest BCUT2D eigenvalue weighted by Gasteiger charge is -2.21. The lowest BCUT2D eigenvalue weighted by molar-refractivity contribution is -0.139. The molecule has 8 heteroatoms. The molecule has 0 aliphatic carbocycles. The topological polar surface area (TPSA) is 102 Å². The Morgan fingerprint density at radius 1 is 1.30 bits per heavy atom. The van der Waals surface area contributed by atoms with E-state index in [-0.39, 0.29) is 18.1 Å². The minimum Gasteiger partial charge on any atom is -0.480 e. The van der Waals surface area contributed by atoms with Crippen molar-refractivity contribution >= 4 is 29.8 Å². The van der Waals surface area contributed by atoms with Crippen LogP contribution in [0.1, 0.15) is 27.2 Å². The van der Waals surface area contributed by atoms with Crippen LogP contribution >= 0.6 is 11.8 Å². The molecule has 0 heterocycles. The zero-order chi connectivity index (χ0) is 15.8. The SMILES string of the molecule is COC(=O)CSCCC(NC(=O)OC(C)(C)C)C(=O)O. The highest BCUT2D eigenvalue weighted by atomic mass is 32.2. The molecule has 2 N–H and O–H groups in total. The Balaban J connectivity index is 4.15. The van der Waals surface area contributed by atoms with Crippen LogP contribution in [0.4, 0.5) is 4.79 Å². The smallest absolute Gasteiger partial charge is 0.408 e. The maximum atomic E-state index is 11.5. The molecule has 20 heavy (non-hydrogen) atoms. The van der Waals surface area contributed by atoms with Crippen LogP contribution in [0.15, 0.2) is 0 Å². The van der Waals surface area contributed by atoms with Crippen LogP contribution < -0.4 is 5.32 Å². The molecule has 0 bridgehead atoms. The number of carboxylic acid groups (broad SMARTS) is 1. The number of ether oxygens (including phenoxy) is 2. The number of esters is 1. The minimum absolute atomic E-state index is 0.148. The highest BCUT2D eigenvalue weighted by molar-refractivity contribution is 7.99. The fourth-order valence-electron chi connectivity index (χ4n) is 1.12. The van der Waals surface area contributed by atoms with Crippen molar-refractivity contribution in [1.29, 1.82) is 0 Å². The molecule has 0 fully saturated rings. The quantitative estimate of drug-likeness (QED) is 0.539. The van der Waals surface area contributed by atoms with Crippen molar-refractivity contribution in [2.45, 2.75) is 38.8 Å². The summed E-state index contributed by atoms with van der Waals surface area (Å²) >= 11 is 1.24. The van der Waals surface area contributed by atoms with Crippen molar-refractivity contribution in [2.24, 2.45) is 0 Å². The van der Waals surface area contributed by atoms with E-state index in [2.05, 4.69) is 10.1 Å².